The van der Waals surface area contributed by atoms with Gasteiger partial charge in [-0.25, -0.2) is 0 Å². The zero-order valence-electron chi connectivity index (χ0n) is 11.0. The fraction of sp³-hybridized carbons (Fsp3) is 0.667. The molecule has 1 aromatic rings. The molecule has 1 aromatic heterocycles. The zero-order valence-corrected chi connectivity index (χ0v) is 11.8. The Morgan fingerprint density at radius 1 is 1.39 bits per heavy atom. The van der Waals surface area contributed by atoms with Crippen LogP contribution in [-0.4, -0.2) is 29.8 Å². The Bertz CT molecular complexity index is 400. The fourth-order valence-corrected chi connectivity index (χ4v) is 4.28. The van der Waals surface area contributed by atoms with Gasteiger partial charge in [0.25, 0.3) is 0 Å². The molecule has 2 unspecified atom stereocenters. The SMILES string of the molecule is CN1C2CCC1CC(C(=O)CCc1ccsc1)C2. The Balaban J connectivity index is 1.54. The summed E-state index contributed by atoms with van der Waals surface area (Å²) in [5, 5.41) is 4.25. The van der Waals surface area contributed by atoms with Gasteiger partial charge in [-0.3, -0.25) is 4.79 Å². The van der Waals surface area contributed by atoms with Gasteiger partial charge in [-0.15, -0.1) is 0 Å². The Morgan fingerprint density at radius 2 is 2.11 bits per heavy atom. The second-order valence-corrected chi connectivity index (χ2v) is 6.60. The van der Waals surface area contributed by atoms with Gasteiger partial charge in [0.1, 0.15) is 5.78 Å². The Hall–Kier alpha value is -0.670. The third kappa shape index (κ3) is 2.39. The summed E-state index contributed by atoms with van der Waals surface area (Å²) in [5.74, 6) is 0.850. The van der Waals surface area contributed by atoms with Crippen molar-refractivity contribution in [3.8, 4) is 0 Å². The average molecular weight is 263 g/mol. The summed E-state index contributed by atoms with van der Waals surface area (Å²) in [7, 11) is 2.23. The van der Waals surface area contributed by atoms with E-state index in [4.69, 9.17) is 0 Å². The number of ketones is 1. The molecule has 0 amide bonds. The number of thiophene rings is 1. The monoisotopic (exact) mass is 263 g/mol. The number of rotatable bonds is 4. The number of hydrogen-bond acceptors (Lipinski definition) is 3. The molecule has 3 heterocycles. The minimum Gasteiger partial charge on any atom is -0.300 e. The molecule has 2 bridgehead atoms. The molecule has 0 radical (unpaired) electrons. The Morgan fingerprint density at radius 3 is 2.72 bits per heavy atom. The van der Waals surface area contributed by atoms with E-state index in [1.165, 1.54) is 18.4 Å². The Labute approximate surface area is 113 Å². The topological polar surface area (TPSA) is 20.3 Å². The minimum atomic E-state index is 0.345. The van der Waals surface area contributed by atoms with Crippen LogP contribution in [0, 0.1) is 5.92 Å². The highest BCUT2D eigenvalue weighted by Crippen LogP contribution is 2.38. The summed E-state index contributed by atoms with van der Waals surface area (Å²) >= 11 is 1.72. The third-order valence-corrected chi connectivity index (χ3v) is 5.53. The summed E-state index contributed by atoms with van der Waals surface area (Å²) in [4.78, 5) is 14.8. The standard InChI is InChI=1S/C15H21NOS/c1-16-13-3-4-14(16)9-12(8-13)15(17)5-2-11-6-7-18-10-11/h6-7,10,12-14H,2-5,8-9H2,1H3. The molecule has 2 atom stereocenters. The normalized spacial score (nSPS) is 31.7. The summed E-state index contributed by atoms with van der Waals surface area (Å²) in [5.41, 5.74) is 1.32. The predicted octanol–water partition coefficient (Wildman–Crippen LogP) is 3.12. The van der Waals surface area contributed by atoms with Gasteiger partial charge in [-0.1, -0.05) is 0 Å². The van der Waals surface area contributed by atoms with E-state index < -0.39 is 0 Å². The van der Waals surface area contributed by atoms with Gasteiger partial charge in [0, 0.05) is 24.4 Å². The summed E-state index contributed by atoms with van der Waals surface area (Å²) in [6, 6.07) is 3.49. The molecule has 2 fully saturated rings. The summed E-state index contributed by atoms with van der Waals surface area (Å²) in [6.45, 7) is 0. The van der Waals surface area contributed by atoms with Crippen LogP contribution in [0.1, 0.15) is 37.7 Å². The maximum atomic E-state index is 12.3. The number of Topliss-reactive ketones (excluding diaryl/α,β-unsaturated/α-hetero) is 1. The quantitative estimate of drug-likeness (QED) is 0.832. The third-order valence-electron chi connectivity index (χ3n) is 4.79. The molecule has 2 saturated heterocycles. The molecular weight excluding hydrogens is 242 g/mol. The van der Waals surface area contributed by atoms with Crippen LogP contribution in [-0.2, 0) is 11.2 Å². The molecule has 18 heavy (non-hydrogen) atoms. The van der Waals surface area contributed by atoms with E-state index in [2.05, 4.69) is 28.8 Å². The second kappa shape index (κ2) is 5.14. The number of nitrogens with zero attached hydrogens (tertiary/aromatic N) is 1. The molecule has 98 valence electrons. The van der Waals surface area contributed by atoms with E-state index >= 15 is 0 Å². The van der Waals surface area contributed by atoms with Crippen LogP contribution in [0.3, 0.4) is 0 Å². The lowest BCUT2D eigenvalue weighted by atomic mass is 9.86. The van der Waals surface area contributed by atoms with Gasteiger partial charge in [0.05, 0.1) is 0 Å². The van der Waals surface area contributed by atoms with Gasteiger partial charge in [0.2, 0.25) is 0 Å². The molecule has 0 spiro atoms. The number of hydrogen-bond donors (Lipinski definition) is 0. The maximum absolute atomic E-state index is 12.3. The van der Waals surface area contributed by atoms with Gasteiger partial charge in [-0.05, 0) is 61.5 Å². The van der Waals surface area contributed by atoms with Crippen molar-refractivity contribution < 1.29 is 4.79 Å². The van der Waals surface area contributed by atoms with Gasteiger partial charge in [0.15, 0.2) is 0 Å². The van der Waals surface area contributed by atoms with Crippen molar-refractivity contribution >= 4 is 17.1 Å². The fourth-order valence-electron chi connectivity index (χ4n) is 3.58. The van der Waals surface area contributed by atoms with E-state index in [-0.39, 0.29) is 0 Å². The number of fused-ring (bicyclic) bond motifs is 2. The molecule has 0 N–H and O–H groups in total. The molecule has 2 nitrogen and oxygen atoms in total. The van der Waals surface area contributed by atoms with Crippen molar-refractivity contribution in [2.24, 2.45) is 5.92 Å². The van der Waals surface area contributed by atoms with E-state index in [9.17, 15) is 4.79 Å². The van der Waals surface area contributed by atoms with Gasteiger partial charge in [-0.2, -0.15) is 11.3 Å². The first-order valence-corrected chi connectivity index (χ1v) is 7.94. The molecule has 3 heteroatoms. The highest BCUT2D eigenvalue weighted by atomic mass is 32.1. The number of carbonyl (C=O) groups is 1. The van der Waals surface area contributed by atoms with Crippen LogP contribution < -0.4 is 0 Å². The van der Waals surface area contributed by atoms with Crippen LogP contribution in [0.5, 0.6) is 0 Å². The van der Waals surface area contributed by atoms with Crippen molar-refractivity contribution in [2.75, 3.05) is 7.05 Å². The van der Waals surface area contributed by atoms with Gasteiger partial charge < -0.3 is 4.90 Å². The maximum Gasteiger partial charge on any atom is 0.136 e. The number of aryl methyl sites for hydroxylation is 1. The predicted molar refractivity (Wildman–Crippen MR) is 74.9 cm³/mol. The average Bonchev–Trinajstić information content (AvgIpc) is 2.93. The summed E-state index contributed by atoms with van der Waals surface area (Å²) < 4.78 is 0. The van der Waals surface area contributed by atoms with Gasteiger partial charge >= 0.3 is 0 Å². The van der Waals surface area contributed by atoms with E-state index in [0.29, 0.717) is 23.8 Å². The van der Waals surface area contributed by atoms with Crippen LogP contribution in [0.25, 0.3) is 0 Å². The second-order valence-electron chi connectivity index (χ2n) is 5.82. The lowest BCUT2D eigenvalue weighted by molar-refractivity contribution is -0.125. The first-order chi connectivity index (χ1) is 8.74. The van der Waals surface area contributed by atoms with Crippen molar-refractivity contribution in [1.29, 1.82) is 0 Å². The molecule has 2 aliphatic heterocycles. The molecule has 0 aromatic carbocycles. The van der Waals surface area contributed by atoms with E-state index in [1.54, 1.807) is 11.3 Å². The molecule has 0 aliphatic carbocycles. The van der Waals surface area contributed by atoms with Crippen LogP contribution in [0.15, 0.2) is 16.8 Å². The largest absolute Gasteiger partial charge is 0.300 e. The highest BCUT2D eigenvalue weighted by molar-refractivity contribution is 7.07. The highest BCUT2D eigenvalue weighted by Gasteiger charge is 2.40. The molecular formula is C15H21NOS. The van der Waals surface area contributed by atoms with Crippen LogP contribution >= 0.6 is 11.3 Å². The Kier molecular flexibility index (Phi) is 3.53. The van der Waals surface area contributed by atoms with Crippen LogP contribution in [0.2, 0.25) is 0 Å². The lowest BCUT2D eigenvalue weighted by Crippen LogP contribution is -2.42. The smallest absolute Gasteiger partial charge is 0.136 e. The molecule has 2 aliphatic rings. The number of piperidine rings is 1. The first-order valence-electron chi connectivity index (χ1n) is 7.00. The van der Waals surface area contributed by atoms with E-state index in [0.717, 1.165) is 25.7 Å². The van der Waals surface area contributed by atoms with E-state index in [1.807, 2.05) is 0 Å². The minimum absolute atomic E-state index is 0.345. The van der Waals surface area contributed by atoms with Crippen LogP contribution in [0.4, 0.5) is 0 Å². The molecule has 3 rings (SSSR count). The lowest BCUT2D eigenvalue weighted by Gasteiger charge is -2.35. The molecule has 0 saturated carbocycles. The zero-order chi connectivity index (χ0) is 12.5. The number of carbonyl (C=O) groups excluding carboxylic acids is 1. The van der Waals surface area contributed by atoms with Crippen molar-refractivity contribution in [1.82, 2.24) is 4.90 Å². The van der Waals surface area contributed by atoms with Crippen molar-refractivity contribution in [3.05, 3.63) is 22.4 Å². The van der Waals surface area contributed by atoms with Crippen molar-refractivity contribution in [2.45, 2.75) is 50.6 Å². The first kappa shape index (κ1) is 12.4. The van der Waals surface area contributed by atoms with Crippen molar-refractivity contribution in [3.63, 3.8) is 0 Å². The summed E-state index contributed by atoms with van der Waals surface area (Å²) in [6.07, 6.45) is 6.49.